The summed E-state index contributed by atoms with van der Waals surface area (Å²) in [7, 11) is 0. The van der Waals surface area contributed by atoms with Gasteiger partial charge in [0.05, 0.1) is 23.6 Å². The summed E-state index contributed by atoms with van der Waals surface area (Å²) in [6, 6.07) is 8.16. The molecule has 1 atom stereocenters. The molecule has 1 amide bonds. The van der Waals surface area contributed by atoms with E-state index < -0.39 is 24.1 Å². The Morgan fingerprint density at radius 1 is 1.20 bits per heavy atom. The molecule has 0 bridgehead atoms. The monoisotopic (exact) mass is 504 g/mol. The second kappa shape index (κ2) is 8.69. The Balaban J connectivity index is 1.45. The number of likely N-dealkylation sites (tertiary alicyclic amines) is 1. The predicted molar refractivity (Wildman–Crippen MR) is 116 cm³/mol. The molecule has 1 unspecified atom stereocenters. The lowest BCUT2D eigenvalue weighted by atomic mass is 10.00. The maximum absolute atomic E-state index is 13.4. The Morgan fingerprint density at radius 2 is 1.97 bits per heavy atom. The van der Waals surface area contributed by atoms with Gasteiger partial charge in [-0.3, -0.25) is 4.79 Å². The van der Waals surface area contributed by atoms with Gasteiger partial charge in [-0.2, -0.15) is 20.0 Å². The first kappa shape index (κ1) is 22.8. The van der Waals surface area contributed by atoms with Crippen LogP contribution in [0.2, 0.25) is 5.02 Å². The zero-order valence-electron chi connectivity index (χ0n) is 18.0. The van der Waals surface area contributed by atoms with Crippen LogP contribution in [0.5, 0.6) is 5.75 Å². The second-order valence-corrected chi connectivity index (χ2v) is 8.12. The van der Waals surface area contributed by atoms with Crippen molar-refractivity contribution in [2.75, 3.05) is 6.54 Å². The molecule has 35 heavy (non-hydrogen) atoms. The van der Waals surface area contributed by atoms with Gasteiger partial charge in [0.2, 0.25) is 11.7 Å². The number of hydrogen-bond acceptors (Lipinski definition) is 7. The molecule has 180 valence electrons. The smallest absolute Gasteiger partial charge is 0.406 e. The minimum atomic E-state index is -4.91. The van der Waals surface area contributed by atoms with Gasteiger partial charge in [0, 0.05) is 17.1 Å². The fourth-order valence-corrected chi connectivity index (χ4v) is 3.94. The molecule has 0 saturated carbocycles. The van der Waals surface area contributed by atoms with Crippen molar-refractivity contribution in [3.63, 3.8) is 0 Å². The van der Waals surface area contributed by atoms with Gasteiger partial charge in [-0.1, -0.05) is 28.9 Å². The first-order valence-corrected chi connectivity index (χ1v) is 10.8. The van der Waals surface area contributed by atoms with Crippen LogP contribution in [-0.2, 0) is 0 Å². The van der Waals surface area contributed by atoms with Crippen LogP contribution in [0.3, 0.4) is 0 Å². The number of halogens is 4. The van der Waals surface area contributed by atoms with E-state index in [2.05, 4.69) is 25.1 Å². The van der Waals surface area contributed by atoms with Gasteiger partial charge in [0.1, 0.15) is 11.8 Å². The molecule has 2 aromatic carbocycles. The van der Waals surface area contributed by atoms with Gasteiger partial charge in [-0.15, -0.1) is 13.2 Å². The molecular formula is C22H16ClF3N6O3. The third-order valence-corrected chi connectivity index (χ3v) is 5.99. The molecule has 9 nitrogen and oxygen atoms in total. The van der Waals surface area contributed by atoms with Crippen LogP contribution in [0.25, 0.3) is 17.1 Å². The van der Waals surface area contributed by atoms with Crippen molar-refractivity contribution in [3.8, 4) is 22.8 Å². The summed E-state index contributed by atoms with van der Waals surface area (Å²) in [6.45, 7) is 2.17. The Morgan fingerprint density at radius 3 is 2.66 bits per heavy atom. The predicted octanol–water partition coefficient (Wildman–Crippen LogP) is 4.76. The quantitative estimate of drug-likeness (QED) is 0.386. The van der Waals surface area contributed by atoms with Gasteiger partial charge in [-0.25, -0.2) is 0 Å². The van der Waals surface area contributed by atoms with Crippen LogP contribution in [-0.4, -0.2) is 48.8 Å². The summed E-state index contributed by atoms with van der Waals surface area (Å²) in [6.07, 6.45) is -1.60. The summed E-state index contributed by atoms with van der Waals surface area (Å²) in [5.41, 5.74) is 1.59. The van der Waals surface area contributed by atoms with Gasteiger partial charge in [0.25, 0.3) is 5.91 Å². The highest BCUT2D eigenvalue weighted by atomic mass is 35.5. The van der Waals surface area contributed by atoms with Crippen molar-refractivity contribution in [1.29, 1.82) is 0 Å². The third-order valence-electron chi connectivity index (χ3n) is 5.58. The molecule has 4 aromatic rings. The molecule has 2 aromatic heterocycles. The molecule has 0 aliphatic carbocycles. The highest BCUT2D eigenvalue weighted by Gasteiger charge is 2.39. The minimum Gasteiger partial charge on any atom is -0.406 e. The van der Waals surface area contributed by atoms with E-state index in [1.165, 1.54) is 23.4 Å². The number of rotatable bonds is 5. The summed E-state index contributed by atoms with van der Waals surface area (Å²) in [5.74, 6) is -0.563. The fraction of sp³-hybridized carbons (Fsp3) is 0.227. The molecule has 3 heterocycles. The van der Waals surface area contributed by atoms with E-state index in [-0.39, 0.29) is 17.1 Å². The lowest BCUT2D eigenvalue weighted by molar-refractivity contribution is -0.274. The molecule has 0 N–H and O–H groups in total. The fourth-order valence-electron chi connectivity index (χ4n) is 3.77. The average Bonchev–Trinajstić information content (AvgIpc) is 3.46. The van der Waals surface area contributed by atoms with Crippen molar-refractivity contribution in [2.24, 2.45) is 0 Å². The maximum atomic E-state index is 13.4. The number of nitrogens with zero attached hydrogens (tertiary/aromatic N) is 6. The number of amides is 1. The standard InChI is InChI=1S/C22H16ClF3N6O3/c1-12-14(3-2-4-16(12)23)19-29-20(35-30-19)18-7-10-31(18)21(33)15-11-13(34-22(24,25)26)5-6-17(15)32-27-8-9-28-32/h2-6,8-9,11,18H,7,10H2,1H3. The van der Waals surface area contributed by atoms with Crippen LogP contribution in [0, 0.1) is 6.92 Å². The topological polar surface area (TPSA) is 99.2 Å². The van der Waals surface area contributed by atoms with E-state index in [1.807, 2.05) is 6.92 Å². The van der Waals surface area contributed by atoms with Crippen molar-refractivity contribution >= 4 is 17.5 Å². The molecule has 0 spiro atoms. The normalized spacial score (nSPS) is 15.7. The summed E-state index contributed by atoms with van der Waals surface area (Å²) < 4.78 is 47.8. The average molecular weight is 505 g/mol. The lowest BCUT2D eigenvalue weighted by Crippen LogP contribution is -2.45. The van der Waals surface area contributed by atoms with Gasteiger partial charge in [0.15, 0.2) is 0 Å². The maximum Gasteiger partial charge on any atom is 0.573 e. The first-order valence-electron chi connectivity index (χ1n) is 10.4. The minimum absolute atomic E-state index is 0.0712. The number of carbonyl (C=O) groups excluding carboxylic acids is 1. The van der Waals surface area contributed by atoms with E-state index in [4.69, 9.17) is 16.1 Å². The SMILES string of the molecule is Cc1c(Cl)cccc1-c1noc(C2CCN2C(=O)c2cc(OC(F)(F)F)ccc2-n2nccn2)n1. The van der Waals surface area contributed by atoms with E-state index >= 15 is 0 Å². The van der Waals surface area contributed by atoms with Gasteiger partial charge in [-0.05, 0) is 43.2 Å². The lowest BCUT2D eigenvalue weighted by Gasteiger charge is -2.38. The number of ether oxygens (including phenoxy) is 1. The van der Waals surface area contributed by atoms with Crippen molar-refractivity contribution < 1.29 is 27.2 Å². The van der Waals surface area contributed by atoms with E-state index in [1.54, 1.807) is 18.2 Å². The largest absolute Gasteiger partial charge is 0.573 e. The Bertz CT molecular complexity index is 1390. The van der Waals surface area contributed by atoms with Crippen LogP contribution in [0.15, 0.2) is 53.3 Å². The summed E-state index contributed by atoms with van der Waals surface area (Å²) >= 11 is 6.18. The van der Waals surface area contributed by atoms with Crippen molar-refractivity contribution in [3.05, 3.63) is 70.8 Å². The molecule has 0 radical (unpaired) electrons. The highest BCUT2D eigenvalue weighted by molar-refractivity contribution is 6.31. The summed E-state index contributed by atoms with van der Waals surface area (Å²) in [5, 5.41) is 12.5. The number of aromatic nitrogens is 5. The molecule has 1 fully saturated rings. The number of alkyl halides is 3. The summed E-state index contributed by atoms with van der Waals surface area (Å²) in [4.78, 5) is 20.4. The van der Waals surface area contributed by atoms with E-state index in [9.17, 15) is 18.0 Å². The molecule has 1 aliphatic heterocycles. The van der Waals surface area contributed by atoms with Crippen LogP contribution in [0.1, 0.15) is 34.3 Å². The van der Waals surface area contributed by atoms with Gasteiger partial charge < -0.3 is 14.2 Å². The van der Waals surface area contributed by atoms with E-state index in [0.29, 0.717) is 29.4 Å². The van der Waals surface area contributed by atoms with Crippen LogP contribution in [0.4, 0.5) is 13.2 Å². The molecule has 5 rings (SSSR count). The highest BCUT2D eigenvalue weighted by Crippen LogP contribution is 2.37. The molecule has 1 saturated heterocycles. The molecule has 1 aliphatic rings. The van der Waals surface area contributed by atoms with Crippen LogP contribution < -0.4 is 4.74 Å². The Hall–Kier alpha value is -3.93. The van der Waals surface area contributed by atoms with E-state index in [0.717, 1.165) is 22.5 Å². The number of hydrogen-bond donors (Lipinski definition) is 0. The van der Waals surface area contributed by atoms with Crippen molar-refractivity contribution in [1.82, 2.24) is 30.0 Å². The number of carbonyl (C=O) groups is 1. The third kappa shape index (κ3) is 4.44. The van der Waals surface area contributed by atoms with Crippen LogP contribution >= 0.6 is 11.6 Å². The zero-order chi connectivity index (χ0) is 24.7. The first-order chi connectivity index (χ1) is 16.7. The van der Waals surface area contributed by atoms with Crippen molar-refractivity contribution in [2.45, 2.75) is 25.7 Å². The second-order valence-electron chi connectivity index (χ2n) is 7.72. The number of benzene rings is 2. The zero-order valence-corrected chi connectivity index (χ0v) is 18.8. The molecular weight excluding hydrogens is 489 g/mol. The Kier molecular flexibility index (Phi) is 5.67. The Labute approximate surface area is 201 Å². The molecule has 13 heteroatoms. The van der Waals surface area contributed by atoms with Gasteiger partial charge >= 0.3 is 6.36 Å².